The molecule has 0 unspecified atom stereocenters. The number of hydrogen-bond acceptors (Lipinski definition) is 0. The van der Waals surface area contributed by atoms with Gasteiger partial charge in [-0.1, -0.05) is 30.3 Å². The summed E-state index contributed by atoms with van der Waals surface area (Å²) in [6, 6.07) is 15.3. The van der Waals surface area contributed by atoms with Gasteiger partial charge < -0.3 is 4.57 Å². The van der Waals surface area contributed by atoms with Gasteiger partial charge >= 0.3 is 0 Å². The average Bonchev–Trinajstić information content (AvgIpc) is 2.61. The zero-order valence-electron chi connectivity index (χ0n) is 9.70. The summed E-state index contributed by atoms with van der Waals surface area (Å²) in [7, 11) is 0. The molecule has 0 N–H and O–H groups in total. The van der Waals surface area contributed by atoms with E-state index in [0.29, 0.717) is 0 Å². The molecule has 0 aliphatic carbocycles. The average molecular weight is 209 g/mol. The molecule has 0 saturated carbocycles. The third kappa shape index (κ3) is 1.18. The Hall–Kier alpha value is -1.76. The van der Waals surface area contributed by atoms with Gasteiger partial charge in [0.15, 0.2) is 0 Å². The van der Waals surface area contributed by atoms with Crippen LogP contribution in [0.5, 0.6) is 0 Å². The first-order chi connectivity index (χ1) is 7.81. The molecule has 3 rings (SSSR count). The lowest BCUT2D eigenvalue weighted by molar-refractivity contribution is 0.827. The fourth-order valence-electron chi connectivity index (χ4n) is 2.50. The normalized spacial score (nSPS) is 11.4. The first kappa shape index (κ1) is 9.46. The summed E-state index contributed by atoms with van der Waals surface area (Å²) in [5, 5.41) is 2.72. The number of para-hydroxylation sites is 1. The van der Waals surface area contributed by atoms with E-state index >= 15 is 0 Å². The predicted molar refractivity (Wildman–Crippen MR) is 69.9 cm³/mol. The van der Waals surface area contributed by atoms with Crippen molar-refractivity contribution in [3.05, 3.63) is 48.0 Å². The standard InChI is InChI=1S/C15H15N/c1-3-16-14-7-5-4-6-12(14)13-9-8-11(2)10-15(13)16/h4-10H,3H2,1-2H3. The van der Waals surface area contributed by atoms with Crippen LogP contribution in [-0.4, -0.2) is 4.57 Å². The second-order valence-corrected chi connectivity index (χ2v) is 4.28. The quantitative estimate of drug-likeness (QED) is 0.568. The highest BCUT2D eigenvalue weighted by Gasteiger charge is 2.08. The molecule has 1 heterocycles. The van der Waals surface area contributed by atoms with Gasteiger partial charge in [0.05, 0.1) is 0 Å². The Bertz CT molecular complexity index is 662. The monoisotopic (exact) mass is 209 g/mol. The maximum absolute atomic E-state index is 2.39. The van der Waals surface area contributed by atoms with E-state index < -0.39 is 0 Å². The van der Waals surface area contributed by atoms with Gasteiger partial charge in [-0.05, 0) is 31.5 Å². The number of nitrogens with zero attached hydrogens (tertiary/aromatic N) is 1. The Kier molecular flexibility index (Phi) is 2.00. The van der Waals surface area contributed by atoms with Crippen LogP contribution in [0.25, 0.3) is 21.8 Å². The molecule has 1 heteroatoms. The molecule has 0 saturated heterocycles. The maximum Gasteiger partial charge on any atom is 0.0493 e. The van der Waals surface area contributed by atoms with Gasteiger partial charge in [-0.15, -0.1) is 0 Å². The van der Waals surface area contributed by atoms with Crippen LogP contribution in [0.2, 0.25) is 0 Å². The van der Waals surface area contributed by atoms with Crippen LogP contribution in [0.15, 0.2) is 42.5 Å². The Labute approximate surface area is 95.3 Å². The second-order valence-electron chi connectivity index (χ2n) is 4.28. The zero-order chi connectivity index (χ0) is 11.1. The van der Waals surface area contributed by atoms with Gasteiger partial charge in [-0.3, -0.25) is 0 Å². The van der Waals surface area contributed by atoms with Crippen molar-refractivity contribution in [1.29, 1.82) is 0 Å². The van der Waals surface area contributed by atoms with Crippen molar-refractivity contribution in [1.82, 2.24) is 4.57 Å². The van der Waals surface area contributed by atoms with Crippen LogP contribution in [0.1, 0.15) is 12.5 Å². The Balaban J connectivity index is 2.58. The molecule has 0 bridgehead atoms. The van der Waals surface area contributed by atoms with Crippen molar-refractivity contribution in [3.8, 4) is 0 Å². The molecule has 0 atom stereocenters. The fraction of sp³-hybridized carbons (Fsp3) is 0.200. The molecule has 1 aromatic heterocycles. The van der Waals surface area contributed by atoms with Crippen molar-refractivity contribution in [2.75, 3.05) is 0 Å². The fourth-order valence-corrected chi connectivity index (χ4v) is 2.50. The summed E-state index contributed by atoms with van der Waals surface area (Å²) in [4.78, 5) is 0. The smallest absolute Gasteiger partial charge is 0.0493 e. The molecule has 0 fully saturated rings. The molecule has 0 radical (unpaired) electrons. The maximum atomic E-state index is 2.39. The molecule has 80 valence electrons. The van der Waals surface area contributed by atoms with Gasteiger partial charge in [0.1, 0.15) is 0 Å². The third-order valence-corrected chi connectivity index (χ3v) is 3.25. The Morgan fingerprint density at radius 1 is 0.938 bits per heavy atom. The highest BCUT2D eigenvalue weighted by atomic mass is 15.0. The summed E-state index contributed by atoms with van der Waals surface area (Å²) in [6.45, 7) is 5.37. The van der Waals surface area contributed by atoms with Gasteiger partial charge in [-0.2, -0.15) is 0 Å². The van der Waals surface area contributed by atoms with Crippen LogP contribution in [0.4, 0.5) is 0 Å². The number of rotatable bonds is 1. The molecule has 3 aromatic rings. The number of benzene rings is 2. The van der Waals surface area contributed by atoms with Crippen LogP contribution >= 0.6 is 0 Å². The molecular formula is C15H15N. The summed E-state index contributed by atoms with van der Waals surface area (Å²) < 4.78 is 2.39. The van der Waals surface area contributed by atoms with Crippen LogP contribution in [0.3, 0.4) is 0 Å². The molecule has 0 spiro atoms. The molecule has 0 aliphatic heterocycles. The van der Waals surface area contributed by atoms with E-state index in [1.54, 1.807) is 0 Å². The number of aryl methyl sites for hydroxylation is 2. The van der Waals surface area contributed by atoms with E-state index in [9.17, 15) is 0 Å². The lowest BCUT2D eigenvalue weighted by atomic mass is 10.1. The summed E-state index contributed by atoms with van der Waals surface area (Å²) in [5.74, 6) is 0. The lowest BCUT2D eigenvalue weighted by Crippen LogP contribution is -1.92. The molecule has 0 aliphatic rings. The van der Waals surface area contributed by atoms with E-state index in [-0.39, 0.29) is 0 Å². The van der Waals surface area contributed by atoms with Crippen molar-refractivity contribution in [2.24, 2.45) is 0 Å². The molecular weight excluding hydrogens is 194 g/mol. The Morgan fingerprint density at radius 2 is 1.69 bits per heavy atom. The minimum absolute atomic E-state index is 1.02. The highest BCUT2D eigenvalue weighted by molar-refractivity contribution is 6.08. The lowest BCUT2D eigenvalue weighted by Gasteiger charge is -2.02. The number of fused-ring (bicyclic) bond motifs is 3. The first-order valence-corrected chi connectivity index (χ1v) is 5.79. The van der Waals surface area contributed by atoms with E-state index in [1.165, 1.54) is 27.4 Å². The van der Waals surface area contributed by atoms with E-state index in [1.807, 2.05) is 0 Å². The van der Waals surface area contributed by atoms with Crippen molar-refractivity contribution in [2.45, 2.75) is 20.4 Å². The van der Waals surface area contributed by atoms with Gasteiger partial charge in [0.25, 0.3) is 0 Å². The molecule has 16 heavy (non-hydrogen) atoms. The highest BCUT2D eigenvalue weighted by Crippen LogP contribution is 2.29. The van der Waals surface area contributed by atoms with Crippen molar-refractivity contribution in [3.63, 3.8) is 0 Å². The summed E-state index contributed by atoms with van der Waals surface area (Å²) in [5.41, 5.74) is 4.01. The molecule has 0 amide bonds. The van der Waals surface area contributed by atoms with Gasteiger partial charge in [0, 0.05) is 28.4 Å². The molecule has 1 nitrogen and oxygen atoms in total. The SMILES string of the molecule is CCn1c2ccccc2c2ccc(C)cc21. The number of aromatic nitrogens is 1. The zero-order valence-corrected chi connectivity index (χ0v) is 9.70. The van der Waals surface area contributed by atoms with Gasteiger partial charge in [-0.25, -0.2) is 0 Å². The number of hydrogen-bond donors (Lipinski definition) is 0. The van der Waals surface area contributed by atoms with Crippen molar-refractivity contribution < 1.29 is 0 Å². The molecule has 2 aromatic carbocycles. The topological polar surface area (TPSA) is 4.93 Å². The first-order valence-electron chi connectivity index (χ1n) is 5.79. The summed E-state index contributed by atoms with van der Waals surface area (Å²) in [6.07, 6.45) is 0. The largest absolute Gasteiger partial charge is 0.341 e. The summed E-state index contributed by atoms with van der Waals surface area (Å²) >= 11 is 0. The van der Waals surface area contributed by atoms with Crippen molar-refractivity contribution >= 4 is 21.8 Å². The van der Waals surface area contributed by atoms with Crippen LogP contribution < -0.4 is 0 Å². The van der Waals surface area contributed by atoms with E-state index in [2.05, 4.69) is 60.9 Å². The van der Waals surface area contributed by atoms with E-state index in [4.69, 9.17) is 0 Å². The van der Waals surface area contributed by atoms with Crippen LogP contribution in [0, 0.1) is 6.92 Å². The van der Waals surface area contributed by atoms with Crippen LogP contribution in [-0.2, 0) is 6.54 Å². The predicted octanol–water partition coefficient (Wildman–Crippen LogP) is 4.12. The van der Waals surface area contributed by atoms with E-state index in [0.717, 1.165) is 6.54 Å². The Morgan fingerprint density at radius 3 is 2.50 bits per heavy atom. The third-order valence-electron chi connectivity index (χ3n) is 3.25. The van der Waals surface area contributed by atoms with Gasteiger partial charge in [0.2, 0.25) is 0 Å². The minimum Gasteiger partial charge on any atom is -0.341 e. The second kappa shape index (κ2) is 3.38. The minimum atomic E-state index is 1.02.